The minimum Gasteiger partial charge on any atom is -0.397 e. The molecule has 0 fully saturated rings. The van der Waals surface area contributed by atoms with Gasteiger partial charge >= 0.3 is 0 Å². The van der Waals surface area contributed by atoms with Gasteiger partial charge in [0.2, 0.25) is 0 Å². The molecule has 78 valence electrons. The van der Waals surface area contributed by atoms with Crippen molar-refractivity contribution in [2.75, 3.05) is 5.73 Å². The fourth-order valence-electron chi connectivity index (χ4n) is 1.23. The predicted molar refractivity (Wildman–Crippen MR) is 54.8 cm³/mol. The van der Waals surface area contributed by atoms with Crippen molar-refractivity contribution in [3.63, 3.8) is 0 Å². The van der Waals surface area contributed by atoms with Gasteiger partial charge in [-0.15, -0.1) is 4.83 Å². The van der Waals surface area contributed by atoms with Crippen LogP contribution in [0.4, 0.5) is 5.69 Å². The first-order valence-corrected chi connectivity index (χ1v) is 5.46. The number of benzene rings is 1. The van der Waals surface area contributed by atoms with Crippen molar-refractivity contribution in [2.45, 2.75) is 18.7 Å². The zero-order valence-corrected chi connectivity index (χ0v) is 8.85. The predicted octanol–water partition coefficient (Wildman–Crippen LogP) is 0.0376. The number of nitrogen functional groups attached to an aromatic ring is 1. The van der Waals surface area contributed by atoms with Gasteiger partial charge in [-0.25, -0.2) is 8.42 Å². The fourth-order valence-corrected chi connectivity index (χ4v) is 2.14. The molecule has 0 saturated heterocycles. The van der Waals surface area contributed by atoms with Crippen LogP contribution in [-0.2, 0) is 10.0 Å². The van der Waals surface area contributed by atoms with Crippen molar-refractivity contribution in [2.24, 2.45) is 5.84 Å². The zero-order chi connectivity index (χ0) is 10.9. The fraction of sp³-hybridized carbons (Fsp3) is 0.250. The van der Waals surface area contributed by atoms with Crippen molar-refractivity contribution in [1.82, 2.24) is 4.83 Å². The molecule has 1 aromatic rings. The van der Waals surface area contributed by atoms with E-state index in [0.717, 1.165) is 11.1 Å². The smallest absolute Gasteiger partial charge is 0.255 e. The van der Waals surface area contributed by atoms with Gasteiger partial charge in [0.15, 0.2) is 0 Å². The molecule has 0 heterocycles. The van der Waals surface area contributed by atoms with E-state index >= 15 is 0 Å². The van der Waals surface area contributed by atoms with Gasteiger partial charge in [0.1, 0.15) is 4.90 Å². The summed E-state index contributed by atoms with van der Waals surface area (Å²) in [5, 5.41) is 0. The molecule has 6 heteroatoms. The zero-order valence-electron chi connectivity index (χ0n) is 8.03. The summed E-state index contributed by atoms with van der Waals surface area (Å²) < 4.78 is 22.8. The van der Waals surface area contributed by atoms with Gasteiger partial charge in [0.25, 0.3) is 10.0 Å². The number of sulfonamides is 1. The first kappa shape index (κ1) is 11.0. The molecule has 0 aliphatic rings. The minimum absolute atomic E-state index is 0.0255. The van der Waals surface area contributed by atoms with Crippen LogP contribution in [0.2, 0.25) is 0 Å². The van der Waals surface area contributed by atoms with E-state index in [9.17, 15) is 8.42 Å². The molecule has 0 aromatic heterocycles. The van der Waals surface area contributed by atoms with Crippen LogP contribution in [0.3, 0.4) is 0 Å². The van der Waals surface area contributed by atoms with Gasteiger partial charge in [-0.1, -0.05) is 6.07 Å². The lowest BCUT2D eigenvalue weighted by molar-refractivity contribution is 0.584. The number of anilines is 1. The van der Waals surface area contributed by atoms with E-state index in [-0.39, 0.29) is 10.6 Å². The van der Waals surface area contributed by atoms with Crippen LogP contribution in [0.1, 0.15) is 11.1 Å². The number of hydrogen-bond acceptors (Lipinski definition) is 4. The summed E-state index contributed by atoms with van der Waals surface area (Å²) in [5.74, 6) is 4.91. The van der Waals surface area contributed by atoms with Crippen molar-refractivity contribution < 1.29 is 8.42 Å². The molecular weight excluding hydrogens is 202 g/mol. The number of hydrogen-bond donors (Lipinski definition) is 3. The Labute approximate surface area is 83.1 Å². The molecule has 1 rings (SSSR count). The molecule has 0 aliphatic carbocycles. The SMILES string of the molecule is Cc1cc(C)c(N)c(S(=O)(=O)NN)c1. The van der Waals surface area contributed by atoms with Gasteiger partial charge in [0.05, 0.1) is 5.69 Å². The van der Waals surface area contributed by atoms with Crippen molar-refractivity contribution >= 4 is 15.7 Å². The molecule has 5 N–H and O–H groups in total. The Balaban J connectivity index is 3.50. The maximum atomic E-state index is 11.4. The van der Waals surface area contributed by atoms with E-state index < -0.39 is 10.0 Å². The summed E-state index contributed by atoms with van der Waals surface area (Å²) in [6, 6.07) is 3.29. The minimum atomic E-state index is -3.67. The highest BCUT2D eigenvalue weighted by molar-refractivity contribution is 7.89. The second kappa shape index (κ2) is 3.56. The lowest BCUT2D eigenvalue weighted by Crippen LogP contribution is -2.31. The summed E-state index contributed by atoms with van der Waals surface area (Å²) in [7, 11) is -3.67. The van der Waals surface area contributed by atoms with E-state index in [4.69, 9.17) is 11.6 Å². The normalized spacial score (nSPS) is 11.6. The van der Waals surface area contributed by atoms with E-state index in [2.05, 4.69) is 0 Å². The third-order valence-electron chi connectivity index (χ3n) is 1.94. The average molecular weight is 215 g/mol. The Hall–Kier alpha value is -1.11. The Bertz CT molecular complexity index is 454. The van der Waals surface area contributed by atoms with Gasteiger partial charge in [-0.3, -0.25) is 5.84 Å². The summed E-state index contributed by atoms with van der Waals surface area (Å²) >= 11 is 0. The van der Waals surface area contributed by atoms with Crippen molar-refractivity contribution in [3.05, 3.63) is 23.3 Å². The molecular formula is C8H13N3O2S. The summed E-state index contributed by atoms with van der Waals surface area (Å²) in [4.78, 5) is 1.77. The van der Waals surface area contributed by atoms with Gasteiger partial charge in [-0.05, 0) is 31.0 Å². The number of nitrogens with one attached hydrogen (secondary N) is 1. The van der Waals surface area contributed by atoms with Crippen LogP contribution in [-0.4, -0.2) is 8.42 Å². The molecule has 0 bridgehead atoms. The molecule has 14 heavy (non-hydrogen) atoms. The number of nitrogens with two attached hydrogens (primary N) is 2. The highest BCUT2D eigenvalue weighted by atomic mass is 32.2. The third-order valence-corrected chi connectivity index (χ3v) is 3.17. The summed E-state index contributed by atoms with van der Waals surface area (Å²) in [6.45, 7) is 3.54. The second-order valence-corrected chi connectivity index (χ2v) is 4.80. The van der Waals surface area contributed by atoms with Crippen molar-refractivity contribution in [3.8, 4) is 0 Å². The molecule has 0 unspecified atom stereocenters. The Morgan fingerprint density at radius 1 is 1.29 bits per heavy atom. The van der Waals surface area contributed by atoms with E-state index in [1.807, 2.05) is 6.07 Å². The van der Waals surface area contributed by atoms with Crippen LogP contribution < -0.4 is 16.4 Å². The summed E-state index contributed by atoms with van der Waals surface area (Å²) in [6.07, 6.45) is 0. The Morgan fingerprint density at radius 2 is 1.86 bits per heavy atom. The molecule has 5 nitrogen and oxygen atoms in total. The third kappa shape index (κ3) is 1.87. The van der Waals surface area contributed by atoms with Crippen LogP contribution in [0, 0.1) is 13.8 Å². The Kier molecular flexibility index (Phi) is 2.79. The maximum Gasteiger partial charge on any atom is 0.255 e. The lowest BCUT2D eigenvalue weighted by Gasteiger charge is -2.09. The van der Waals surface area contributed by atoms with E-state index in [0.29, 0.717) is 0 Å². The molecule has 0 radical (unpaired) electrons. The quantitative estimate of drug-likeness (QED) is 0.368. The highest BCUT2D eigenvalue weighted by Gasteiger charge is 2.17. The second-order valence-electron chi connectivity index (χ2n) is 3.11. The number of hydrazine groups is 1. The van der Waals surface area contributed by atoms with E-state index in [1.54, 1.807) is 18.7 Å². The summed E-state index contributed by atoms with van der Waals surface area (Å²) in [5.41, 5.74) is 7.41. The molecule has 0 amide bonds. The average Bonchev–Trinajstić information content (AvgIpc) is 2.11. The monoisotopic (exact) mass is 215 g/mol. The van der Waals surface area contributed by atoms with Crippen LogP contribution in [0.25, 0.3) is 0 Å². The first-order valence-electron chi connectivity index (χ1n) is 3.97. The molecule has 1 aromatic carbocycles. The van der Waals surface area contributed by atoms with Crippen LogP contribution in [0.15, 0.2) is 17.0 Å². The van der Waals surface area contributed by atoms with Gasteiger partial charge in [-0.2, -0.15) is 0 Å². The molecule has 0 saturated carbocycles. The largest absolute Gasteiger partial charge is 0.397 e. The first-order chi connectivity index (χ1) is 6.38. The van der Waals surface area contributed by atoms with Crippen LogP contribution in [0.5, 0.6) is 0 Å². The molecule has 0 aliphatic heterocycles. The molecule has 0 atom stereocenters. The number of aryl methyl sites for hydroxylation is 2. The van der Waals surface area contributed by atoms with Crippen LogP contribution >= 0.6 is 0 Å². The van der Waals surface area contributed by atoms with Gasteiger partial charge in [0, 0.05) is 0 Å². The Morgan fingerprint density at radius 3 is 2.36 bits per heavy atom. The van der Waals surface area contributed by atoms with Crippen molar-refractivity contribution in [1.29, 1.82) is 0 Å². The van der Waals surface area contributed by atoms with E-state index in [1.165, 1.54) is 6.07 Å². The molecule has 0 spiro atoms. The van der Waals surface area contributed by atoms with Gasteiger partial charge < -0.3 is 5.73 Å². The standard InChI is InChI=1S/C8H13N3O2S/c1-5-3-6(2)8(9)7(4-5)14(12,13)11-10/h3-4,11H,9-10H2,1-2H3. The number of rotatable bonds is 2. The highest BCUT2D eigenvalue weighted by Crippen LogP contribution is 2.23. The topological polar surface area (TPSA) is 98.2 Å². The maximum absolute atomic E-state index is 11.4. The lowest BCUT2D eigenvalue weighted by atomic mass is 10.1.